The molecule has 0 atom stereocenters. The van der Waals surface area contributed by atoms with Crippen LogP contribution in [-0.4, -0.2) is 4.57 Å². The minimum atomic E-state index is 0.636. The van der Waals surface area contributed by atoms with Crippen molar-refractivity contribution in [2.75, 3.05) is 0 Å². The van der Waals surface area contributed by atoms with Crippen molar-refractivity contribution in [2.24, 2.45) is 0 Å². The molecule has 0 saturated heterocycles. The highest BCUT2D eigenvalue weighted by Crippen LogP contribution is 2.39. The number of allylic oxidation sites excluding steroid dienone is 1. The van der Waals surface area contributed by atoms with Crippen molar-refractivity contribution in [3.05, 3.63) is 108 Å². The number of rotatable bonds is 2. The number of aryl methyl sites for hydroxylation is 1. The van der Waals surface area contributed by atoms with Gasteiger partial charge in [0.25, 0.3) is 0 Å². The normalized spacial score (nSPS) is 12.9. The molecular formula is C31H20N2O. The molecule has 1 aliphatic carbocycles. The van der Waals surface area contributed by atoms with Crippen LogP contribution >= 0.6 is 0 Å². The zero-order valence-electron chi connectivity index (χ0n) is 18.5. The fourth-order valence-corrected chi connectivity index (χ4v) is 5.45. The van der Waals surface area contributed by atoms with Crippen molar-refractivity contribution in [1.82, 2.24) is 4.57 Å². The molecule has 4 aromatic carbocycles. The van der Waals surface area contributed by atoms with E-state index in [9.17, 15) is 5.26 Å². The molecule has 0 N–H and O–H groups in total. The molecule has 0 radical (unpaired) electrons. The van der Waals surface area contributed by atoms with Gasteiger partial charge < -0.3 is 8.98 Å². The molecule has 1 aliphatic rings. The zero-order valence-corrected chi connectivity index (χ0v) is 18.5. The summed E-state index contributed by atoms with van der Waals surface area (Å²) in [7, 11) is 0. The Morgan fingerprint density at radius 1 is 0.824 bits per heavy atom. The minimum Gasteiger partial charge on any atom is -0.456 e. The zero-order chi connectivity index (χ0) is 22.6. The van der Waals surface area contributed by atoms with Gasteiger partial charge in [0.05, 0.1) is 22.8 Å². The molecule has 0 amide bonds. The molecule has 2 aromatic heterocycles. The topological polar surface area (TPSA) is 41.9 Å². The third-order valence-electron chi connectivity index (χ3n) is 6.93. The lowest BCUT2D eigenvalue weighted by Crippen LogP contribution is -2.02. The molecule has 0 unspecified atom stereocenters. The van der Waals surface area contributed by atoms with Crippen LogP contribution in [0.2, 0.25) is 0 Å². The molecular weight excluding hydrogens is 416 g/mol. The van der Waals surface area contributed by atoms with E-state index in [0.29, 0.717) is 5.56 Å². The summed E-state index contributed by atoms with van der Waals surface area (Å²) in [5.74, 6) is 0. The summed E-state index contributed by atoms with van der Waals surface area (Å²) in [5, 5.41) is 12.9. The third-order valence-corrected chi connectivity index (χ3v) is 6.93. The van der Waals surface area contributed by atoms with Gasteiger partial charge in [0, 0.05) is 27.4 Å². The van der Waals surface area contributed by atoms with Crippen molar-refractivity contribution in [3.8, 4) is 22.9 Å². The fourth-order valence-electron chi connectivity index (χ4n) is 5.45. The number of para-hydroxylation sites is 2. The summed E-state index contributed by atoms with van der Waals surface area (Å²) in [6.07, 6.45) is 6.68. The van der Waals surface area contributed by atoms with Gasteiger partial charge in [0.15, 0.2) is 0 Å². The van der Waals surface area contributed by atoms with Gasteiger partial charge in [-0.25, -0.2) is 0 Å². The van der Waals surface area contributed by atoms with Crippen LogP contribution in [-0.2, 0) is 6.42 Å². The van der Waals surface area contributed by atoms with E-state index in [-0.39, 0.29) is 0 Å². The molecule has 0 aliphatic heterocycles. The van der Waals surface area contributed by atoms with Crippen LogP contribution in [0.15, 0.2) is 95.4 Å². The van der Waals surface area contributed by atoms with E-state index < -0.39 is 0 Å². The summed E-state index contributed by atoms with van der Waals surface area (Å²) >= 11 is 0. The summed E-state index contributed by atoms with van der Waals surface area (Å²) < 4.78 is 8.45. The van der Waals surface area contributed by atoms with Crippen molar-refractivity contribution in [1.29, 1.82) is 5.26 Å². The largest absolute Gasteiger partial charge is 0.456 e. The number of hydrogen-bond donors (Lipinski definition) is 0. The number of aromatic nitrogens is 1. The highest BCUT2D eigenvalue weighted by Gasteiger charge is 2.20. The van der Waals surface area contributed by atoms with Gasteiger partial charge in [0.2, 0.25) is 0 Å². The Bertz CT molecular complexity index is 1820. The molecule has 3 nitrogen and oxygen atoms in total. The monoisotopic (exact) mass is 436 g/mol. The first-order chi connectivity index (χ1) is 16.8. The Balaban J connectivity index is 1.52. The lowest BCUT2D eigenvalue weighted by molar-refractivity contribution is 0.669. The lowest BCUT2D eigenvalue weighted by Gasteiger charge is -2.16. The van der Waals surface area contributed by atoms with Crippen molar-refractivity contribution >= 4 is 38.9 Å². The van der Waals surface area contributed by atoms with Crippen LogP contribution in [0.4, 0.5) is 0 Å². The Labute approximate surface area is 196 Å². The van der Waals surface area contributed by atoms with Gasteiger partial charge >= 0.3 is 0 Å². The second-order valence-electron chi connectivity index (χ2n) is 8.78. The van der Waals surface area contributed by atoms with Crippen LogP contribution in [0.25, 0.3) is 55.7 Å². The second kappa shape index (κ2) is 7.23. The van der Waals surface area contributed by atoms with Gasteiger partial charge in [-0.05, 0) is 66.4 Å². The Hall–Kier alpha value is -4.55. The summed E-state index contributed by atoms with van der Waals surface area (Å²) in [6.45, 7) is 0. The SMILES string of the molecule is N#Cc1cccc2oc3ccc(-c4ccccc4-n4c5c(c6ccccc64)CCC=C5)cc3c12. The number of furan rings is 1. The van der Waals surface area contributed by atoms with Crippen molar-refractivity contribution in [2.45, 2.75) is 12.8 Å². The smallest absolute Gasteiger partial charge is 0.136 e. The average Bonchev–Trinajstić information content (AvgIpc) is 3.44. The summed E-state index contributed by atoms with van der Waals surface area (Å²) in [6, 6.07) is 31.5. The Morgan fingerprint density at radius 3 is 2.65 bits per heavy atom. The molecule has 2 heterocycles. The lowest BCUT2D eigenvalue weighted by atomic mass is 9.99. The van der Waals surface area contributed by atoms with Crippen LogP contribution < -0.4 is 0 Å². The first-order valence-corrected chi connectivity index (χ1v) is 11.6. The minimum absolute atomic E-state index is 0.636. The van der Waals surface area contributed by atoms with Crippen LogP contribution in [0.5, 0.6) is 0 Å². The molecule has 0 spiro atoms. The third kappa shape index (κ3) is 2.63. The Morgan fingerprint density at radius 2 is 1.71 bits per heavy atom. The highest BCUT2D eigenvalue weighted by atomic mass is 16.3. The van der Waals surface area contributed by atoms with Crippen LogP contribution in [0.3, 0.4) is 0 Å². The summed E-state index contributed by atoms with van der Waals surface area (Å²) in [5.41, 5.74) is 9.50. The maximum atomic E-state index is 9.68. The number of benzene rings is 4. The predicted octanol–water partition coefficient (Wildman–Crippen LogP) is 8.03. The first kappa shape index (κ1) is 19.0. The van der Waals surface area contributed by atoms with E-state index in [4.69, 9.17) is 4.42 Å². The average molecular weight is 437 g/mol. The van der Waals surface area contributed by atoms with E-state index in [1.165, 1.54) is 22.2 Å². The van der Waals surface area contributed by atoms with Crippen molar-refractivity contribution < 1.29 is 4.42 Å². The standard InChI is InChI=1S/C31H20N2O/c32-19-21-8-7-15-30-31(21)25-18-20(16-17-29(25)34-30)22-9-1-4-12-26(22)33-27-13-5-2-10-23(27)24-11-3-6-14-28(24)33/h1-2,4-10,12-18H,3,11H2. The van der Waals surface area contributed by atoms with Gasteiger partial charge in [-0.15, -0.1) is 0 Å². The molecule has 7 rings (SSSR count). The summed E-state index contributed by atoms with van der Waals surface area (Å²) in [4.78, 5) is 0. The quantitative estimate of drug-likeness (QED) is 0.276. The van der Waals surface area contributed by atoms with Crippen LogP contribution in [0.1, 0.15) is 23.2 Å². The molecule has 0 fully saturated rings. The molecule has 3 heteroatoms. The maximum absolute atomic E-state index is 9.68. The fraction of sp³-hybridized carbons (Fsp3) is 0.0645. The van der Waals surface area contributed by atoms with Gasteiger partial charge in [-0.1, -0.05) is 54.6 Å². The molecule has 6 aromatic rings. The highest BCUT2D eigenvalue weighted by molar-refractivity contribution is 6.09. The second-order valence-corrected chi connectivity index (χ2v) is 8.78. The first-order valence-electron chi connectivity index (χ1n) is 11.6. The van der Waals surface area contributed by atoms with E-state index in [1.807, 2.05) is 24.3 Å². The van der Waals surface area contributed by atoms with Crippen molar-refractivity contribution in [3.63, 3.8) is 0 Å². The van der Waals surface area contributed by atoms with Gasteiger partial charge in [-0.3, -0.25) is 0 Å². The molecule has 34 heavy (non-hydrogen) atoms. The number of fused-ring (bicyclic) bond motifs is 6. The van der Waals surface area contributed by atoms with E-state index >= 15 is 0 Å². The van der Waals surface area contributed by atoms with E-state index in [0.717, 1.165) is 51.6 Å². The molecule has 0 saturated carbocycles. The van der Waals surface area contributed by atoms with Gasteiger partial charge in [0.1, 0.15) is 11.2 Å². The number of nitriles is 1. The van der Waals surface area contributed by atoms with E-state index in [1.54, 1.807) is 0 Å². The molecule has 0 bridgehead atoms. The number of nitrogens with zero attached hydrogens (tertiary/aromatic N) is 2. The number of hydrogen-bond acceptors (Lipinski definition) is 2. The maximum Gasteiger partial charge on any atom is 0.136 e. The molecule has 160 valence electrons. The predicted molar refractivity (Wildman–Crippen MR) is 138 cm³/mol. The van der Waals surface area contributed by atoms with Crippen LogP contribution in [0, 0.1) is 11.3 Å². The Kier molecular flexibility index (Phi) is 4.03. The van der Waals surface area contributed by atoms with E-state index in [2.05, 4.69) is 83.5 Å². The van der Waals surface area contributed by atoms with Gasteiger partial charge in [-0.2, -0.15) is 5.26 Å².